The molecule has 0 saturated carbocycles. The largest absolute Gasteiger partial charge is 0.512 e. The van der Waals surface area contributed by atoms with E-state index < -0.39 is 35.4 Å². The first kappa shape index (κ1) is 128. The van der Waals surface area contributed by atoms with Crippen LogP contribution in [0.5, 0.6) is 0 Å². The zero-order valence-electron chi connectivity index (χ0n) is 80.4. The molecule has 9 heterocycles. The monoisotopic (exact) mass is 2990 g/mol. The molecule has 21 rings (SSSR count). The van der Waals surface area contributed by atoms with Crippen molar-refractivity contribution >= 4 is 160 Å². The Balaban J connectivity index is 0.000000292. The average Bonchev–Trinajstić information content (AvgIpc) is 1.08. The van der Waals surface area contributed by atoms with E-state index in [1.807, 2.05) is 164 Å². The fourth-order valence-corrected chi connectivity index (χ4v) is 14.6. The minimum absolute atomic E-state index is 0. The molecular formula is C119H92DyEuF6Ir3N8O10STb-4. The molecule has 150 heavy (non-hydrogen) atoms. The minimum Gasteiger partial charge on any atom is -0.512 e. The van der Waals surface area contributed by atoms with E-state index in [4.69, 9.17) is 20.4 Å². The van der Waals surface area contributed by atoms with Crippen molar-refractivity contribution in [2.45, 2.75) is 53.9 Å². The Morgan fingerprint density at radius 2 is 0.680 bits per heavy atom. The first-order valence-corrected chi connectivity index (χ1v) is 45.2. The summed E-state index contributed by atoms with van der Waals surface area (Å²) in [6.07, 6.45) is 8.49. The number of aromatic nitrogens is 8. The van der Waals surface area contributed by atoms with Crippen molar-refractivity contribution in [3.8, 4) is 33.8 Å². The van der Waals surface area contributed by atoms with E-state index in [1.165, 1.54) is 144 Å². The summed E-state index contributed by atoms with van der Waals surface area (Å²) < 4.78 is 70.7. The van der Waals surface area contributed by atoms with Crippen molar-refractivity contribution in [2.24, 2.45) is 0 Å². The standard InChI is InChI=1S/C19H12N.2C15H10N.C13H8N.2C12H8N2.C10H7F3O2.C8H5F3O2S.3C5H8O2.Dy.Eu.3Ir.Tb/c1-2-7-16-13-17(10-9-14(16)5-1)19-18-8-4-3-6-15(18)11-12-20-19;1-2-8-13-12(6-1)7-5-9-14(13)15-10-3-4-11-16-15;1-2-7-13(8-3-1)15-14-9-5-4-6-12(14)10-11-16-15;1-2-6-12-10(4-1)7-8-11-5-3-9-14-13(11)12;2*1-3-9-5-6-10-4-2-8-14-12(10)11(9)13-7-1;11-10(12,13)9(15)6-8(14)7-4-2-1-3-5-7;9-8(10,11)7(13)4-5(12)6-2-1-3-14-6;3*1-4(6)3-5(2)7;;;;;;/h1-9,11-13H;1-8,10-11H;1-7,9-11H;1-5,7-9H;2*1-8H;1-6,14H;1-4,12H;3*3,6H,1-2H3;;;;;;/q4*-1;;;;;;;;;;;;;. The summed E-state index contributed by atoms with van der Waals surface area (Å²) in [7, 11) is 0. The van der Waals surface area contributed by atoms with Crippen molar-refractivity contribution in [3.63, 3.8) is 0 Å². The van der Waals surface area contributed by atoms with Gasteiger partial charge in [0.1, 0.15) is 11.5 Å². The number of hydrogen-bond donors (Lipinski definition) is 5. The molecule has 0 spiro atoms. The van der Waals surface area contributed by atoms with E-state index in [1.54, 1.807) is 42.3 Å². The van der Waals surface area contributed by atoms with Gasteiger partial charge >= 0.3 is 12.4 Å². The quantitative estimate of drug-likeness (QED) is 0.0279. The molecule has 0 fully saturated rings. The molecule has 9 aromatic heterocycles. The van der Waals surface area contributed by atoms with Crippen LogP contribution in [0, 0.1) is 150 Å². The van der Waals surface area contributed by atoms with Crippen LogP contribution in [0.2, 0.25) is 0 Å². The minimum atomic E-state index is -4.96. The molecule has 0 aliphatic carbocycles. The van der Waals surface area contributed by atoms with Crippen LogP contribution < -0.4 is 0 Å². The van der Waals surface area contributed by atoms with Crippen molar-refractivity contribution < 1.29 is 262 Å². The van der Waals surface area contributed by atoms with Gasteiger partial charge in [-0.3, -0.25) is 43.9 Å². The number of thiophene rings is 1. The molecular weight excluding hydrogens is 2900 g/mol. The Morgan fingerprint density at radius 3 is 1.10 bits per heavy atom. The molecule has 0 atom stereocenters. The Morgan fingerprint density at radius 1 is 0.307 bits per heavy atom. The van der Waals surface area contributed by atoms with Gasteiger partial charge in [-0.1, -0.05) is 223 Å². The van der Waals surface area contributed by atoms with E-state index in [-0.39, 0.29) is 244 Å². The SMILES string of the molecule is CC(=O)C=C(C)O.CC(=O)C=C(C)O.CC(=O)C=C(C)O.O=C(C=C(O)c1ccccc1)C(F)(F)F.O=C(C=C(O)c1cccs1)C(F)(F)F.[Dy].[Eu].[Ir].[Ir].[Ir].[Tb].[c-]1cc2ccccc2cc1-c1nccc2ccccc12.[c-]1ccc2ccccc2c1-c1ccccn1.[c-]1cccc2ccc3cccnc3c12.[c-]1ccccc1-c1nccc2ccccc12.c1cnc2c(c1)ccc1cccnc12.c1cnc2c(c1)ccc1cccnc12. The second-order valence-electron chi connectivity index (χ2n) is 31.2. The van der Waals surface area contributed by atoms with Crippen LogP contribution in [0.1, 0.15) is 52.0 Å². The second kappa shape index (κ2) is 65.9. The number of ketones is 5. The van der Waals surface area contributed by atoms with Gasteiger partial charge in [0.15, 0.2) is 17.3 Å². The van der Waals surface area contributed by atoms with Gasteiger partial charge in [0.2, 0.25) is 0 Å². The third-order valence-electron chi connectivity index (χ3n) is 20.2. The molecule has 0 amide bonds. The van der Waals surface area contributed by atoms with Gasteiger partial charge in [-0.25, -0.2) is 0 Å². The summed E-state index contributed by atoms with van der Waals surface area (Å²) in [5, 5.41) is 62.6. The van der Waals surface area contributed by atoms with E-state index >= 15 is 0 Å². The van der Waals surface area contributed by atoms with Crippen molar-refractivity contribution in [2.75, 3.05) is 0 Å². The Labute approximate surface area is 1010 Å². The number of aliphatic hydroxyl groups excluding tert-OH is 5. The van der Waals surface area contributed by atoms with E-state index in [0.29, 0.717) is 0 Å². The predicted octanol–water partition coefficient (Wildman–Crippen LogP) is 29.6. The zero-order valence-corrected chi connectivity index (χ0v) is 95.0. The predicted molar refractivity (Wildman–Crippen MR) is 563 cm³/mol. The molecule has 21 aromatic rings. The first-order chi connectivity index (χ1) is 69.4. The molecule has 0 aliphatic heterocycles. The Hall–Kier alpha value is -12.1. The van der Waals surface area contributed by atoms with Crippen LogP contribution in [0.3, 0.4) is 0 Å². The molecule has 773 valence electrons. The van der Waals surface area contributed by atoms with Crippen LogP contribution in [0.25, 0.3) is 154 Å². The number of rotatable bonds is 10. The Kier molecular flexibility index (Phi) is 56.3. The van der Waals surface area contributed by atoms with Crippen molar-refractivity contribution in [3.05, 3.63) is 471 Å². The summed E-state index contributed by atoms with van der Waals surface area (Å²) in [5.41, 5.74) is 11.2. The third kappa shape index (κ3) is 40.5. The molecule has 18 nitrogen and oxygen atoms in total. The number of allylic oxidation sites excluding steroid dienone is 8. The number of halogens is 6. The van der Waals surface area contributed by atoms with Crippen LogP contribution >= 0.6 is 11.3 Å². The molecule has 0 aliphatic rings. The van der Waals surface area contributed by atoms with Gasteiger partial charge in [-0.05, 0) is 151 Å². The van der Waals surface area contributed by atoms with E-state index in [0.717, 1.165) is 99.6 Å². The number of carbonyl (C=O) groups is 5. The normalized spacial score (nSPS) is 10.8. The van der Waals surface area contributed by atoms with Crippen LogP contribution in [0.4, 0.5) is 26.3 Å². The number of nitrogens with zero attached hydrogens (tertiary/aromatic N) is 8. The molecule has 12 aromatic carbocycles. The fourth-order valence-electron chi connectivity index (χ4n) is 13.9. The molecule has 0 unspecified atom stereocenters. The number of benzene rings is 12. The first-order valence-electron chi connectivity index (χ1n) is 44.3. The van der Waals surface area contributed by atoms with Gasteiger partial charge in [0.05, 0.1) is 44.2 Å². The maximum absolute atomic E-state index is 11.8. The number of alkyl halides is 6. The zero-order chi connectivity index (χ0) is 103. The summed E-state index contributed by atoms with van der Waals surface area (Å²) in [6.45, 7) is 8.54. The summed E-state index contributed by atoms with van der Waals surface area (Å²) in [5.74, 6) is -5.69. The number of aliphatic hydroxyl groups is 5. The maximum atomic E-state index is 11.8. The van der Waals surface area contributed by atoms with Gasteiger partial charge in [0, 0.05) is 294 Å². The summed E-state index contributed by atoms with van der Waals surface area (Å²) in [4.78, 5) is 86.3. The smallest absolute Gasteiger partial charge is 0.454 e. The molecule has 31 heteroatoms. The van der Waals surface area contributed by atoms with Crippen molar-refractivity contribution in [1.29, 1.82) is 0 Å². The third-order valence-corrected chi connectivity index (χ3v) is 21.0. The fraction of sp³-hybridized carbons (Fsp3) is 0.0672. The molecule has 5 N–H and O–H groups in total. The van der Waals surface area contributed by atoms with E-state index in [9.17, 15) is 55.4 Å². The number of carbonyl (C=O) groups excluding carboxylic acids is 5. The molecule has 5 radical (unpaired) electrons. The summed E-state index contributed by atoms with van der Waals surface area (Å²) >= 11 is 1.05. The van der Waals surface area contributed by atoms with E-state index in [2.05, 4.69) is 216 Å². The second-order valence-corrected chi connectivity index (χ2v) is 32.1. The van der Waals surface area contributed by atoms with Gasteiger partial charge in [-0.15, -0.1) is 141 Å². The van der Waals surface area contributed by atoms with Gasteiger partial charge < -0.3 is 45.5 Å². The molecule has 0 saturated heterocycles. The summed E-state index contributed by atoms with van der Waals surface area (Å²) in [6, 6.07) is 121. The topological polar surface area (TPSA) is 290 Å². The number of pyridine rings is 8. The van der Waals surface area contributed by atoms with Crippen LogP contribution in [-0.4, -0.2) is 107 Å². The number of fused-ring (bicyclic) bond motifs is 13. The van der Waals surface area contributed by atoms with Crippen molar-refractivity contribution in [1.82, 2.24) is 39.9 Å². The van der Waals surface area contributed by atoms with Gasteiger partial charge in [-0.2, -0.15) is 26.3 Å². The van der Waals surface area contributed by atoms with Gasteiger partial charge in [0.25, 0.3) is 11.6 Å². The number of hydrogen-bond acceptors (Lipinski definition) is 19. The van der Waals surface area contributed by atoms with Crippen LogP contribution in [-0.2, 0) is 84.3 Å². The van der Waals surface area contributed by atoms with Crippen LogP contribution in [0.15, 0.2) is 436 Å². The maximum Gasteiger partial charge on any atom is 0.454 e. The average molecular weight is 2990 g/mol. The Bertz CT molecular complexity index is 7540. The molecule has 0 bridgehead atoms.